The molecule has 20 heavy (non-hydrogen) atoms. The molecule has 0 saturated carbocycles. The Kier molecular flexibility index (Phi) is 3.30. The van der Waals surface area contributed by atoms with Gasteiger partial charge in [0.25, 0.3) is 0 Å². The normalized spacial score (nSPS) is 11.3. The molecule has 98 valence electrons. The van der Waals surface area contributed by atoms with Crippen LogP contribution in [0.4, 0.5) is 4.39 Å². The average molecular weight is 263 g/mol. The largest absolute Gasteiger partial charge is 0.256 e. The summed E-state index contributed by atoms with van der Waals surface area (Å²) in [6, 6.07) is 15.1. The predicted octanol–water partition coefficient (Wildman–Crippen LogP) is 4.85. The molecule has 0 bridgehead atoms. The molecule has 0 fully saturated rings. The van der Waals surface area contributed by atoms with Gasteiger partial charge in [0, 0.05) is 17.1 Å². The highest BCUT2D eigenvalue weighted by Gasteiger charge is 2.00. The fourth-order valence-electron chi connectivity index (χ4n) is 2.24. The van der Waals surface area contributed by atoms with Gasteiger partial charge in [0.15, 0.2) is 0 Å². The molecule has 1 aromatic heterocycles. The number of benzene rings is 2. The third-order valence-electron chi connectivity index (χ3n) is 3.28. The van der Waals surface area contributed by atoms with E-state index in [-0.39, 0.29) is 5.82 Å². The van der Waals surface area contributed by atoms with E-state index in [4.69, 9.17) is 0 Å². The molecule has 0 atom stereocenters. The van der Waals surface area contributed by atoms with Crippen molar-refractivity contribution in [1.29, 1.82) is 0 Å². The summed E-state index contributed by atoms with van der Waals surface area (Å²) < 4.78 is 13.7. The van der Waals surface area contributed by atoms with Gasteiger partial charge < -0.3 is 0 Å². The lowest BCUT2D eigenvalue weighted by molar-refractivity contribution is 0.624. The van der Waals surface area contributed by atoms with E-state index >= 15 is 0 Å². The number of rotatable bonds is 2. The molecule has 2 aromatic carbocycles. The van der Waals surface area contributed by atoms with Crippen LogP contribution < -0.4 is 0 Å². The molecule has 0 spiro atoms. The Morgan fingerprint density at radius 2 is 1.85 bits per heavy atom. The Labute approximate surface area is 117 Å². The van der Waals surface area contributed by atoms with Crippen LogP contribution in [0, 0.1) is 12.7 Å². The number of aromatic nitrogens is 1. The summed E-state index contributed by atoms with van der Waals surface area (Å²) in [6.45, 7) is 1.95. The van der Waals surface area contributed by atoms with E-state index in [0.717, 1.165) is 22.0 Å². The number of hydrogen-bond acceptors (Lipinski definition) is 1. The smallest absolute Gasteiger partial charge is 0.130 e. The Balaban J connectivity index is 2.05. The highest BCUT2D eigenvalue weighted by atomic mass is 19.1. The summed E-state index contributed by atoms with van der Waals surface area (Å²) in [5.74, 6) is -0.216. The van der Waals surface area contributed by atoms with Gasteiger partial charge in [-0.2, -0.15) is 0 Å². The molecule has 0 aliphatic rings. The van der Waals surface area contributed by atoms with Gasteiger partial charge in [0.05, 0.1) is 5.69 Å². The van der Waals surface area contributed by atoms with Gasteiger partial charge in [-0.25, -0.2) is 4.39 Å². The van der Waals surface area contributed by atoms with Gasteiger partial charge in [0.2, 0.25) is 0 Å². The predicted molar refractivity (Wildman–Crippen MR) is 81.8 cm³/mol. The van der Waals surface area contributed by atoms with Crippen molar-refractivity contribution in [3.05, 3.63) is 77.4 Å². The molecule has 0 saturated heterocycles. The molecule has 3 aromatic rings. The molecule has 1 heterocycles. The van der Waals surface area contributed by atoms with Crippen LogP contribution in [0.15, 0.2) is 54.7 Å². The number of fused-ring (bicyclic) bond motifs is 1. The van der Waals surface area contributed by atoms with Gasteiger partial charge in [-0.3, -0.25) is 4.98 Å². The van der Waals surface area contributed by atoms with Crippen LogP contribution in [-0.2, 0) is 0 Å². The molecule has 0 aliphatic carbocycles. The summed E-state index contributed by atoms with van der Waals surface area (Å²) in [5.41, 5.74) is 2.47. The summed E-state index contributed by atoms with van der Waals surface area (Å²) >= 11 is 0. The second-order valence-electron chi connectivity index (χ2n) is 4.78. The van der Waals surface area contributed by atoms with E-state index in [9.17, 15) is 4.39 Å². The van der Waals surface area contributed by atoms with Crippen LogP contribution in [-0.4, -0.2) is 4.98 Å². The molecule has 0 aliphatic heterocycles. The number of aryl methyl sites for hydroxylation is 1. The first-order chi connectivity index (χ1) is 9.74. The SMILES string of the molecule is Cc1ccc(F)c(/C=C/c2nccc3ccccc23)c1. The van der Waals surface area contributed by atoms with Gasteiger partial charge in [-0.1, -0.05) is 35.9 Å². The molecule has 0 N–H and O–H groups in total. The Hall–Kier alpha value is -2.48. The van der Waals surface area contributed by atoms with E-state index in [1.54, 1.807) is 18.3 Å². The third kappa shape index (κ3) is 2.45. The van der Waals surface area contributed by atoms with Gasteiger partial charge >= 0.3 is 0 Å². The second-order valence-corrected chi connectivity index (χ2v) is 4.78. The Morgan fingerprint density at radius 3 is 2.75 bits per heavy atom. The van der Waals surface area contributed by atoms with E-state index in [2.05, 4.69) is 4.98 Å². The second kappa shape index (κ2) is 5.25. The van der Waals surface area contributed by atoms with Crippen LogP contribution in [0.1, 0.15) is 16.8 Å². The van der Waals surface area contributed by atoms with Crippen molar-refractivity contribution in [2.75, 3.05) is 0 Å². The van der Waals surface area contributed by atoms with Crippen molar-refractivity contribution >= 4 is 22.9 Å². The van der Waals surface area contributed by atoms with Crippen molar-refractivity contribution < 1.29 is 4.39 Å². The topological polar surface area (TPSA) is 12.9 Å². The quantitative estimate of drug-likeness (QED) is 0.644. The maximum atomic E-state index is 13.7. The lowest BCUT2D eigenvalue weighted by Crippen LogP contribution is -1.85. The molecule has 0 radical (unpaired) electrons. The molecular weight excluding hydrogens is 249 g/mol. The summed E-state index contributed by atoms with van der Waals surface area (Å²) in [5, 5.41) is 2.20. The lowest BCUT2D eigenvalue weighted by atomic mass is 10.1. The molecule has 3 rings (SSSR count). The lowest BCUT2D eigenvalue weighted by Gasteiger charge is -2.02. The van der Waals surface area contributed by atoms with E-state index < -0.39 is 0 Å². The van der Waals surface area contributed by atoms with Crippen molar-refractivity contribution in [2.45, 2.75) is 6.92 Å². The minimum Gasteiger partial charge on any atom is -0.256 e. The maximum absolute atomic E-state index is 13.7. The van der Waals surface area contributed by atoms with Crippen LogP contribution >= 0.6 is 0 Å². The zero-order valence-corrected chi connectivity index (χ0v) is 11.2. The van der Waals surface area contributed by atoms with E-state index in [0.29, 0.717) is 5.56 Å². The summed E-state index contributed by atoms with van der Waals surface area (Å²) in [7, 11) is 0. The molecule has 1 nitrogen and oxygen atoms in total. The minimum absolute atomic E-state index is 0.216. The molecule has 0 unspecified atom stereocenters. The Morgan fingerprint density at radius 1 is 1.00 bits per heavy atom. The molecular formula is C18H14FN. The number of pyridine rings is 1. The van der Waals surface area contributed by atoms with Crippen molar-refractivity contribution in [2.24, 2.45) is 0 Å². The first-order valence-corrected chi connectivity index (χ1v) is 6.52. The fourth-order valence-corrected chi connectivity index (χ4v) is 2.24. The van der Waals surface area contributed by atoms with Crippen molar-refractivity contribution in [3.8, 4) is 0 Å². The zero-order valence-electron chi connectivity index (χ0n) is 11.2. The summed E-state index contributed by atoms with van der Waals surface area (Å²) in [6.07, 6.45) is 5.41. The Bertz CT molecular complexity index is 785. The summed E-state index contributed by atoms with van der Waals surface area (Å²) in [4.78, 5) is 4.36. The van der Waals surface area contributed by atoms with Crippen LogP contribution in [0.25, 0.3) is 22.9 Å². The van der Waals surface area contributed by atoms with Crippen molar-refractivity contribution in [3.63, 3.8) is 0 Å². The third-order valence-corrected chi connectivity index (χ3v) is 3.28. The number of hydrogen-bond donors (Lipinski definition) is 0. The average Bonchev–Trinajstić information content (AvgIpc) is 2.48. The van der Waals surface area contributed by atoms with Gasteiger partial charge in [-0.15, -0.1) is 0 Å². The highest BCUT2D eigenvalue weighted by Crippen LogP contribution is 2.19. The van der Waals surface area contributed by atoms with Crippen LogP contribution in [0.3, 0.4) is 0 Å². The number of nitrogens with zero attached hydrogens (tertiary/aromatic N) is 1. The first-order valence-electron chi connectivity index (χ1n) is 6.52. The highest BCUT2D eigenvalue weighted by molar-refractivity contribution is 5.91. The van der Waals surface area contributed by atoms with E-state index in [1.807, 2.05) is 49.4 Å². The zero-order chi connectivity index (χ0) is 13.9. The van der Waals surface area contributed by atoms with E-state index in [1.165, 1.54) is 6.07 Å². The minimum atomic E-state index is -0.216. The fraction of sp³-hybridized carbons (Fsp3) is 0.0556. The van der Waals surface area contributed by atoms with Crippen LogP contribution in [0.2, 0.25) is 0 Å². The molecule has 0 amide bonds. The van der Waals surface area contributed by atoms with Gasteiger partial charge in [0.1, 0.15) is 5.82 Å². The molecule has 2 heteroatoms. The standard InChI is InChI=1S/C18H14FN/c1-13-6-8-17(19)15(12-13)7-9-18-16-5-3-2-4-14(16)10-11-20-18/h2-12H,1H3/b9-7+. The van der Waals surface area contributed by atoms with Crippen molar-refractivity contribution in [1.82, 2.24) is 4.98 Å². The maximum Gasteiger partial charge on any atom is 0.130 e. The van der Waals surface area contributed by atoms with Crippen LogP contribution in [0.5, 0.6) is 0 Å². The monoisotopic (exact) mass is 263 g/mol. The van der Waals surface area contributed by atoms with Gasteiger partial charge in [-0.05, 0) is 42.7 Å². The number of halogens is 1. The first kappa shape index (κ1) is 12.5.